The number of nitrogens with zero attached hydrogens (tertiary/aromatic N) is 1. The number of phosphoric acid groups is 3. The number of aliphatic carboxylic acids is 2. The number of thioether (sulfide) groups is 1. The first-order chi connectivity index (χ1) is 39.8. The van der Waals surface area contributed by atoms with Crippen LogP contribution in [-0.4, -0.2) is 163 Å². The molecule has 478 valence electrons. The monoisotopic (exact) mass is 1320 g/mol. The molecule has 0 spiro atoms. The number of hydrogen-bond donors (Lipinski definition) is 13. The second-order valence-electron chi connectivity index (χ2n) is 20.8. The van der Waals surface area contributed by atoms with E-state index in [1.165, 1.54) is 21.6 Å². The Morgan fingerprint density at radius 1 is 0.859 bits per heavy atom. The molecule has 0 radical (unpaired) electrons. The molecular weight excluding hydrogens is 1250 g/mol. The number of Topliss-reactive ketones (excluding diaryl/α,β-unsaturated/α-hetero) is 2. The number of aromatic amines is 1. The summed E-state index contributed by atoms with van der Waals surface area (Å²) in [4.78, 5) is 164. The molecule has 0 bridgehead atoms. The van der Waals surface area contributed by atoms with Crippen molar-refractivity contribution >= 4 is 104 Å². The summed E-state index contributed by atoms with van der Waals surface area (Å²) in [5, 5.41) is 43.2. The first-order valence-electron chi connectivity index (χ1n) is 27.1. The van der Waals surface area contributed by atoms with Gasteiger partial charge in [0.05, 0.1) is 55.8 Å². The average Bonchev–Trinajstić information content (AvgIpc) is 2.60. The molecule has 3 aliphatic heterocycles. The van der Waals surface area contributed by atoms with Crippen LogP contribution < -0.4 is 37.8 Å². The van der Waals surface area contributed by atoms with Gasteiger partial charge in [0, 0.05) is 66.2 Å². The summed E-state index contributed by atoms with van der Waals surface area (Å²) >= 11 is 1.78. The highest BCUT2D eigenvalue weighted by molar-refractivity contribution is 8.77. The number of aliphatic hydroxyl groups excluding tert-OH is 1. The first-order valence-corrected chi connectivity index (χ1v) is 35.0. The van der Waals surface area contributed by atoms with Crippen LogP contribution in [0.25, 0.3) is 0 Å². The quantitative estimate of drug-likeness (QED) is 0.0148. The number of ether oxygens (including phenoxy) is 1. The van der Waals surface area contributed by atoms with Crippen molar-refractivity contribution in [2.75, 3.05) is 24.7 Å². The van der Waals surface area contributed by atoms with E-state index in [0.717, 1.165) is 29.4 Å². The Morgan fingerprint density at radius 3 is 2.16 bits per heavy atom. The van der Waals surface area contributed by atoms with Crippen LogP contribution in [-0.2, 0) is 65.1 Å². The van der Waals surface area contributed by atoms with Crippen molar-refractivity contribution in [1.29, 1.82) is 0 Å². The molecule has 5 amide bonds. The zero-order valence-corrected chi connectivity index (χ0v) is 51.8. The molecule has 4 heterocycles. The molecule has 8 unspecified atom stereocenters. The number of amides is 5. The minimum absolute atomic E-state index is 0.0265. The number of aliphatic hydroxyl groups is 1. The number of urea groups is 1. The minimum Gasteiger partial charge on any atom is -0.481 e. The summed E-state index contributed by atoms with van der Waals surface area (Å²) in [5.41, 5.74) is -2.16. The largest absolute Gasteiger partial charge is 0.490 e. The highest BCUT2D eigenvalue weighted by Gasteiger charge is 2.44. The van der Waals surface area contributed by atoms with Crippen molar-refractivity contribution in [2.24, 2.45) is 5.92 Å². The minimum atomic E-state index is -5.82. The Hall–Kier alpha value is -4.42. The molecular formula is C48H74N7O24P3S3. The van der Waals surface area contributed by atoms with Gasteiger partial charge in [-0.2, -0.15) is 20.4 Å². The third-order valence-corrected chi connectivity index (χ3v) is 22.1. The number of aromatic nitrogens is 2. The number of carbonyl (C=O) groups is 8. The maximum Gasteiger partial charge on any atom is 0.490 e. The van der Waals surface area contributed by atoms with Crippen LogP contribution >= 0.6 is 56.8 Å². The van der Waals surface area contributed by atoms with Crippen LogP contribution in [0.5, 0.6) is 0 Å². The zero-order chi connectivity index (χ0) is 63.3. The highest BCUT2D eigenvalue weighted by atomic mass is 33.1. The fourth-order valence-electron chi connectivity index (χ4n) is 8.98. The Labute approximate surface area is 500 Å². The lowest BCUT2D eigenvalue weighted by Gasteiger charge is -2.26. The third kappa shape index (κ3) is 26.8. The lowest BCUT2D eigenvalue weighted by atomic mass is 9.95. The molecule has 31 nitrogen and oxygen atoms in total. The van der Waals surface area contributed by atoms with Gasteiger partial charge in [0.2, 0.25) is 17.7 Å². The van der Waals surface area contributed by atoms with Crippen molar-refractivity contribution in [2.45, 2.75) is 183 Å². The van der Waals surface area contributed by atoms with Gasteiger partial charge in [0.15, 0.2) is 11.6 Å². The predicted octanol–water partition coefficient (Wildman–Crippen LogP) is 2.48. The number of carboxylic acid groups (broad SMARTS) is 2. The van der Waals surface area contributed by atoms with Gasteiger partial charge in [-0.15, -0.1) is 0 Å². The van der Waals surface area contributed by atoms with Crippen molar-refractivity contribution < 1.29 is 105 Å². The number of carboxylic acids is 2. The van der Waals surface area contributed by atoms with E-state index < -0.39 is 119 Å². The molecule has 3 saturated heterocycles. The molecule has 3 aliphatic rings. The average molecular weight is 1320 g/mol. The molecule has 4 rings (SSSR count). The van der Waals surface area contributed by atoms with Gasteiger partial charge in [-0.1, -0.05) is 59.6 Å². The van der Waals surface area contributed by atoms with E-state index in [9.17, 15) is 86.7 Å². The number of nitrogens with one attached hydrogen (secondary N) is 6. The molecule has 3 fully saturated rings. The number of rotatable bonds is 39. The summed E-state index contributed by atoms with van der Waals surface area (Å²) in [5.74, 6) is 0.718. The van der Waals surface area contributed by atoms with E-state index >= 15 is 0 Å². The molecule has 1 aromatic rings. The topological polar surface area (TPSA) is 481 Å². The van der Waals surface area contributed by atoms with Gasteiger partial charge in [-0.05, 0) is 58.8 Å². The van der Waals surface area contributed by atoms with Crippen molar-refractivity contribution in [1.82, 2.24) is 36.1 Å². The highest BCUT2D eigenvalue weighted by Crippen LogP contribution is 2.66. The third-order valence-electron chi connectivity index (χ3n) is 13.4. The van der Waals surface area contributed by atoms with Gasteiger partial charge in [-0.3, -0.25) is 52.4 Å². The van der Waals surface area contributed by atoms with Crippen LogP contribution in [0, 0.1) is 17.8 Å². The smallest absolute Gasteiger partial charge is 0.481 e. The molecule has 85 heavy (non-hydrogen) atoms. The predicted molar refractivity (Wildman–Crippen MR) is 307 cm³/mol. The van der Waals surface area contributed by atoms with Crippen molar-refractivity contribution in [3.05, 3.63) is 32.6 Å². The van der Waals surface area contributed by atoms with Crippen molar-refractivity contribution in [3.8, 4) is 11.8 Å². The number of fused-ring (bicyclic) bond motifs is 1. The number of hydrogen-bond acceptors (Lipinski definition) is 21. The number of unbranched alkanes of at least 4 members (excludes halogenated alkanes) is 4. The molecule has 11 atom stereocenters. The summed E-state index contributed by atoms with van der Waals surface area (Å²) in [7, 11) is -14.1. The number of phosphoric ester groups is 1. The second kappa shape index (κ2) is 34.4. The van der Waals surface area contributed by atoms with Crippen LogP contribution in [0.2, 0.25) is 0 Å². The number of H-pyrrole nitrogens is 1. The van der Waals surface area contributed by atoms with E-state index in [-0.39, 0.29) is 91.6 Å². The lowest BCUT2D eigenvalue weighted by molar-refractivity contribution is -0.144. The van der Waals surface area contributed by atoms with Gasteiger partial charge >= 0.3 is 47.1 Å². The molecule has 0 aliphatic carbocycles. The van der Waals surface area contributed by atoms with Crippen LogP contribution in [0.1, 0.15) is 142 Å². The first kappa shape index (κ1) is 73.1. The lowest BCUT2D eigenvalue weighted by Crippen LogP contribution is -2.43. The van der Waals surface area contributed by atoms with E-state index in [1.807, 2.05) is 18.8 Å². The summed E-state index contributed by atoms with van der Waals surface area (Å²) in [6.07, 6.45) is 0.663. The van der Waals surface area contributed by atoms with E-state index in [2.05, 4.69) is 51.6 Å². The maximum absolute atomic E-state index is 13.7. The van der Waals surface area contributed by atoms with Gasteiger partial charge in [0.25, 0.3) is 5.56 Å². The van der Waals surface area contributed by atoms with Crippen LogP contribution in [0.4, 0.5) is 4.79 Å². The second-order valence-corrected chi connectivity index (χ2v) is 29.6. The zero-order valence-electron chi connectivity index (χ0n) is 46.7. The maximum atomic E-state index is 13.7. The Kier molecular flexibility index (Phi) is 29.5. The summed E-state index contributed by atoms with van der Waals surface area (Å²) in [6.45, 7) is 4.30. The molecule has 37 heteroatoms. The summed E-state index contributed by atoms with van der Waals surface area (Å²) < 4.78 is 52.3. The van der Waals surface area contributed by atoms with Crippen LogP contribution in [0.3, 0.4) is 0 Å². The normalized spacial score (nSPS) is 21.8. The van der Waals surface area contributed by atoms with E-state index in [0.29, 0.717) is 50.7 Å². The van der Waals surface area contributed by atoms with Gasteiger partial charge in [-0.25, -0.2) is 23.3 Å². The van der Waals surface area contributed by atoms with Gasteiger partial charge in [0.1, 0.15) is 17.9 Å². The van der Waals surface area contributed by atoms with Crippen LogP contribution in [0.15, 0.2) is 15.8 Å². The molecule has 1 aromatic heterocycles. The number of ketones is 2. The SMILES string of the molecule is CCC(CC(=O)C(CC(=O)O)NC(=O)CCCCCCC(=O)C(CCC(C)(C)SSCCC(=O)NCC#Cc1cn(C2CC(O)C(COP(=O)(O)OP(=O)(O)OP(=O)(O)O)O2)c(=O)[nH]c1=O)NC(=O)CCCC[C@@H]1SC[C@@H]2NC(=O)N[C@@H]21)C(=O)O. The van der Waals surface area contributed by atoms with E-state index in [1.54, 1.807) is 18.7 Å². The fraction of sp³-hybridized carbons (Fsp3) is 0.708. The number of carbonyl (C=O) groups excluding carboxylic acids is 6. The Bertz CT molecular complexity index is 2880. The van der Waals surface area contributed by atoms with Gasteiger partial charge < -0.3 is 66.2 Å². The molecule has 0 aromatic carbocycles. The molecule has 13 N–H and O–H groups in total. The van der Waals surface area contributed by atoms with E-state index in [4.69, 9.17) is 14.5 Å². The standard InChI is InChI=1S/C48H74N7O24P3S3/c1-4-28(45(65)66)22-34(57)31(23-42(62)63)51-40(61)15-8-6-5-7-13-33(56)30(50-39(60)16-10-9-14-37-43-32(27-83-37)52-46(67)53-43)17-19-48(2,3)85-84-21-18-38(59)49-20-11-12-29-25-55(47(68)54-44(29)64)41-24-35(58)36(77-41)26-76-81(72,73)79-82(74,75)78-80(69,70)71/h25,28,30-32,35-37,41,43,58H,4-10,13-24,26-27H2,1-3H3,(H,49,59)(H,50,60)(H,51,61)(H,62,63)(H,65,66)(H,72,73)(H,74,75)(H2,52,53,67)(H,54,64,68)(H2,69,70,71)/t28?,30?,31?,32-,35?,36?,37-,41?,43-/m0/s1. The molecule has 0 saturated carbocycles. The Morgan fingerprint density at radius 2 is 1.52 bits per heavy atom. The fourth-order valence-corrected chi connectivity index (χ4v) is 16.1. The van der Waals surface area contributed by atoms with Crippen molar-refractivity contribution in [3.63, 3.8) is 0 Å². The Balaban J connectivity index is 1.23. The summed E-state index contributed by atoms with van der Waals surface area (Å²) in [6, 6.07) is -2.22.